The first kappa shape index (κ1) is 11.9. The molecule has 1 atom stereocenters. The van der Waals surface area contributed by atoms with Gasteiger partial charge in [-0.15, -0.1) is 0 Å². The molecule has 0 aromatic heterocycles. The Labute approximate surface area is 122 Å². The van der Waals surface area contributed by atoms with Crippen LogP contribution >= 0.6 is 11.6 Å². The summed E-state index contributed by atoms with van der Waals surface area (Å²) in [7, 11) is 0. The second-order valence-electron chi connectivity index (χ2n) is 5.43. The lowest BCUT2D eigenvalue weighted by molar-refractivity contribution is 0.0946. The molecule has 0 bridgehead atoms. The van der Waals surface area contributed by atoms with Crippen molar-refractivity contribution in [3.63, 3.8) is 0 Å². The molecule has 0 N–H and O–H groups in total. The van der Waals surface area contributed by atoms with Gasteiger partial charge in [0.15, 0.2) is 5.78 Å². The van der Waals surface area contributed by atoms with E-state index in [9.17, 15) is 4.79 Å². The van der Waals surface area contributed by atoms with E-state index in [4.69, 9.17) is 11.6 Å². The number of carbonyl (C=O) groups is 1. The smallest absolute Gasteiger partial charge is 0.179 e. The number of rotatable bonds is 0. The maximum absolute atomic E-state index is 13.0. The maximum atomic E-state index is 13.0. The Kier molecular flexibility index (Phi) is 2.25. The molecular weight excluding hydrogens is 270 g/mol. The van der Waals surface area contributed by atoms with E-state index in [1.807, 2.05) is 49.4 Å². The third-order valence-electron chi connectivity index (χ3n) is 4.43. The number of halogens is 1. The zero-order valence-electron chi connectivity index (χ0n) is 11.0. The van der Waals surface area contributed by atoms with E-state index in [-0.39, 0.29) is 5.78 Å². The van der Waals surface area contributed by atoms with E-state index in [2.05, 4.69) is 4.99 Å². The molecule has 3 heteroatoms. The number of fused-ring (bicyclic) bond motifs is 3. The summed E-state index contributed by atoms with van der Waals surface area (Å²) in [6.07, 6.45) is 0.685. The number of aliphatic imine (C=N–C) groups is 1. The molecule has 0 saturated carbocycles. The number of carbonyl (C=O) groups excluding carboxylic acids is 1. The second-order valence-corrected chi connectivity index (χ2v) is 5.86. The van der Waals surface area contributed by atoms with Crippen molar-refractivity contribution in [1.82, 2.24) is 0 Å². The van der Waals surface area contributed by atoms with Crippen molar-refractivity contribution in [2.75, 3.05) is 0 Å². The lowest BCUT2D eigenvalue weighted by Gasteiger charge is -2.23. The Bertz CT molecular complexity index is 793. The first-order chi connectivity index (χ1) is 9.63. The van der Waals surface area contributed by atoms with Gasteiger partial charge in [-0.25, -0.2) is 0 Å². The molecule has 2 aliphatic rings. The molecule has 1 aliphatic heterocycles. The summed E-state index contributed by atoms with van der Waals surface area (Å²) in [6, 6.07) is 13.4. The number of benzene rings is 2. The SMILES string of the molecule is CC1=Nc2ccc(Cl)cc2C12Cc1ccccc1C2=O. The van der Waals surface area contributed by atoms with Crippen molar-refractivity contribution in [3.8, 4) is 0 Å². The van der Waals surface area contributed by atoms with Crippen LogP contribution in [0.5, 0.6) is 0 Å². The Morgan fingerprint density at radius 1 is 1.20 bits per heavy atom. The quantitative estimate of drug-likeness (QED) is 0.714. The number of Topliss-reactive ketones (excluding diaryl/α,β-unsaturated/α-hetero) is 1. The van der Waals surface area contributed by atoms with Gasteiger partial charge in [0.05, 0.1) is 5.69 Å². The summed E-state index contributed by atoms with van der Waals surface area (Å²) in [6.45, 7) is 1.94. The van der Waals surface area contributed by atoms with E-state index in [1.54, 1.807) is 0 Å². The van der Waals surface area contributed by atoms with Crippen molar-refractivity contribution in [1.29, 1.82) is 0 Å². The Hall–Kier alpha value is -1.93. The average molecular weight is 282 g/mol. The first-order valence-electron chi connectivity index (χ1n) is 6.61. The van der Waals surface area contributed by atoms with Crippen molar-refractivity contribution < 1.29 is 4.79 Å². The van der Waals surface area contributed by atoms with E-state index in [0.717, 1.165) is 28.1 Å². The summed E-state index contributed by atoms with van der Waals surface area (Å²) in [5.74, 6) is 0.148. The van der Waals surface area contributed by atoms with Crippen LogP contribution in [0.2, 0.25) is 5.02 Å². The van der Waals surface area contributed by atoms with Gasteiger partial charge in [0.1, 0.15) is 5.41 Å². The van der Waals surface area contributed by atoms with Crippen LogP contribution in [0.25, 0.3) is 0 Å². The monoisotopic (exact) mass is 281 g/mol. The van der Waals surface area contributed by atoms with Gasteiger partial charge in [-0.2, -0.15) is 0 Å². The zero-order valence-corrected chi connectivity index (χ0v) is 11.7. The molecule has 0 radical (unpaired) electrons. The van der Waals surface area contributed by atoms with Gasteiger partial charge in [-0.05, 0) is 42.7 Å². The minimum atomic E-state index is -0.635. The van der Waals surface area contributed by atoms with Gasteiger partial charge in [-0.3, -0.25) is 9.79 Å². The second kappa shape index (κ2) is 3.80. The third kappa shape index (κ3) is 1.30. The number of hydrogen-bond donors (Lipinski definition) is 0. The summed E-state index contributed by atoms with van der Waals surface area (Å²) in [5.41, 5.74) is 3.96. The Balaban J connectivity index is 1.99. The van der Waals surface area contributed by atoms with Gasteiger partial charge in [0.2, 0.25) is 0 Å². The Morgan fingerprint density at radius 3 is 2.80 bits per heavy atom. The lowest BCUT2D eigenvalue weighted by atomic mass is 9.74. The fraction of sp³-hybridized carbons (Fsp3) is 0.176. The molecular formula is C17H12ClNO. The third-order valence-corrected chi connectivity index (χ3v) is 4.66. The molecule has 0 amide bonds. The number of nitrogens with zero attached hydrogens (tertiary/aromatic N) is 1. The topological polar surface area (TPSA) is 29.4 Å². The summed E-state index contributed by atoms with van der Waals surface area (Å²) in [4.78, 5) is 17.6. The van der Waals surface area contributed by atoms with Gasteiger partial charge in [0, 0.05) is 16.3 Å². The fourth-order valence-corrected chi connectivity index (χ4v) is 3.59. The van der Waals surface area contributed by atoms with Crippen molar-refractivity contribution in [2.24, 2.45) is 4.99 Å². The van der Waals surface area contributed by atoms with Gasteiger partial charge in [0.25, 0.3) is 0 Å². The molecule has 2 aromatic rings. The van der Waals surface area contributed by atoms with Gasteiger partial charge in [-0.1, -0.05) is 35.9 Å². The van der Waals surface area contributed by atoms with Crippen molar-refractivity contribution in [3.05, 3.63) is 64.2 Å². The molecule has 4 rings (SSSR count). The van der Waals surface area contributed by atoms with E-state index < -0.39 is 5.41 Å². The highest BCUT2D eigenvalue weighted by molar-refractivity contribution is 6.31. The highest BCUT2D eigenvalue weighted by Crippen LogP contribution is 2.49. The predicted molar refractivity (Wildman–Crippen MR) is 80.4 cm³/mol. The first-order valence-corrected chi connectivity index (χ1v) is 6.99. The highest BCUT2D eigenvalue weighted by Gasteiger charge is 2.52. The molecule has 98 valence electrons. The van der Waals surface area contributed by atoms with Crippen molar-refractivity contribution in [2.45, 2.75) is 18.8 Å². The lowest BCUT2D eigenvalue weighted by Crippen LogP contribution is -2.38. The number of ketones is 1. The minimum Gasteiger partial charge on any atom is -0.293 e. The highest BCUT2D eigenvalue weighted by atomic mass is 35.5. The summed E-state index contributed by atoms with van der Waals surface area (Å²) < 4.78 is 0. The van der Waals surface area contributed by atoms with Crippen LogP contribution in [0.1, 0.15) is 28.4 Å². The molecule has 1 heterocycles. The fourth-order valence-electron chi connectivity index (χ4n) is 3.42. The number of hydrogen-bond acceptors (Lipinski definition) is 2. The van der Waals surface area contributed by atoms with E-state index in [0.29, 0.717) is 11.4 Å². The predicted octanol–water partition coefficient (Wildman–Crippen LogP) is 4.12. The van der Waals surface area contributed by atoms with E-state index >= 15 is 0 Å². The Morgan fingerprint density at radius 2 is 2.00 bits per heavy atom. The van der Waals surface area contributed by atoms with Crippen LogP contribution in [0.15, 0.2) is 47.5 Å². The van der Waals surface area contributed by atoms with Crippen LogP contribution in [-0.4, -0.2) is 11.5 Å². The zero-order chi connectivity index (χ0) is 13.9. The van der Waals surface area contributed by atoms with Crippen LogP contribution in [0.3, 0.4) is 0 Å². The van der Waals surface area contributed by atoms with Crippen LogP contribution in [-0.2, 0) is 11.8 Å². The standard InChI is InChI=1S/C17H12ClNO/c1-10-17(14-8-12(18)6-7-15(14)19-10)9-11-4-2-3-5-13(11)16(17)20/h2-8H,9H2,1H3. The van der Waals surface area contributed by atoms with Crippen LogP contribution in [0, 0.1) is 0 Å². The van der Waals surface area contributed by atoms with Crippen molar-refractivity contribution >= 4 is 28.8 Å². The van der Waals surface area contributed by atoms with Crippen LogP contribution in [0.4, 0.5) is 5.69 Å². The van der Waals surface area contributed by atoms with Gasteiger partial charge >= 0.3 is 0 Å². The minimum absolute atomic E-state index is 0.148. The van der Waals surface area contributed by atoms with E-state index in [1.165, 1.54) is 0 Å². The summed E-state index contributed by atoms with van der Waals surface area (Å²) >= 11 is 6.13. The maximum Gasteiger partial charge on any atom is 0.179 e. The molecule has 1 spiro atoms. The van der Waals surface area contributed by atoms with Crippen LogP contribution < -0.4 is 0 Å². The molecule has 2 aromatic carbocycles. The molecule has 1 unspecified atom stereocenters. The average Bonchev–Trinajstić information content (AvgIpc) is 2.89. The molecule has 2 nitrogen and oxygen atoms in total. The molecule has 0 fully saturated rings. The normalized spacial score (nSPS) is 22.9. The van der Waals surface area contributed by atoms with Gasteiger partial charge < -0.3 is 0 Å². The largest absolute Gasteiger partial charge is 0.293 e. The molecule has 1 aliphatic carbocycles. The molecule has 20 heavy (non-hydrogen) atoms. The molecule has 0 saturated heterocycles. The summed E-state index contributed by atoms with van der Waals surface area (Å²) in [5, 5.41) is 0.650.